The number of pyridine rings is 1. The van der Waals surface area contributed by atoms with Gasteiger partial charge in [0.1, 0.15) is 6.61 Å². The van der Waals surface area contributed by atoms with Gasteiger partial charge in [-0.25, -0.2) is 4.79 Å². The van der Waals surface area contributed by atoms with Crippen molar-refractivity contribution in [2.24, 2.45) is 0 Å². The van der Waals surface area contributed by atoms with E-state index in [-0.39, 0.29) is 36.7 Å². The molecular formula is C31H25F3N2O5. The maximum absolute atomic E-state index is 15.6. The first-order valence-electron chi connectivity index (χ1n) is 12.7. The molecular weight excluding hydrogens is 537 g/mol. The van der Waals surface area contributed by atoms with Crippen LogP contribution in [0.15, 0.2) is 78.9 Å². The van der Waals surface area contributed by atoms with Crippen molar-refractivity contribution in [3.05, 3.63) is 113 Å². The van der Waals surface area contributed by atoms with Gasteiger partial charge in [-0.15, -0.1) is 0 Å². The van der Waals surface area contributed by atoms with Crippen molar-refractivity contribution in [3.63, 3.8) is 0 Å². The van der Waals surface area contributed by atoms with Gasteiger partial charge in [0.2, 0.25) is 17.4 Å². The van der Waals surface area contributed by atoms with Crippen molar-refractivity contribution in [2.45, 2.75) is 32.5 Å². The van der Waals surface area contributed by atoms with Crippen molar-refractivity contribution in [2.75, 3.05) is 6.61 Å². The molecule has 7 nitrogen and oxygen atoms in total. The second-order valence-electron chi connectivity index (χ2n) is 8.70. The van der Waals surface area contributed by atoms with E-state index in [9.17, 15) is 18.8 Å². The summed E-state index contributed by atoms with van der Waals surface area (Å²) in [7, 11) is 0. The zero-order chi connectivity index (χ0) is 29.2. The number of rotatable bonds is 12. The molecule has 0 radical (unpaired) electrons. The number of nitrogens with zero attached hydrogens (tertiary/aromatic N) is 2. The lowest BCUT2D eigenvalue weighted by molar-refractivity contribution is -0.151. The van der Waals surface area contributed by atoms with Crippen molar-refractivity contribution < 1.29 is 36.9 Å². The van der Waals surface area contributed by atoms with Gasteiger partial charge in [-0.3, -0.25) is 0 Å². The SMILES string of the molecule is CCOC(=O)C(CCc1ccccc1)Oc1c(F)c(F)nc(Oc2cc(C#N)ccc2OCc2ccccc2)c1F. The summed E-state index contributed by atoms with van der Waals surface area (Å²) in [5.41, 5.74) is 1.79. The van der Waals surface area contributed by atoms with Crippen molar-refractivity contribution in [1.29, 1.82) is 5.26 Å². The van der Waals surface area contributed by atoms with Crippen molar-refractivity contribution in [1.82, 2.24) is 4.98 Å². The number of hydrogen-bond donors (Lipinski definition) is 0. The van der Waals surface area contributed by atoms with E-state index < -0.39 is 41.3 Å². The van der Waals surface area contributed by atoms with Crippen LogP contribution in [0.4, 0.5) is 13.2 Å². The van der Waals surface area contributed by atoms with Gasteiger partial charge in [-0.2, -0.15) is 23.4 Å². The lowest BCUT2D eigenvalue weighted by atomic mass is 10.1. The molecule has 0 spiro atoms. The van der Waals surface area contributed by atoms with E-state index in [1.807, 2.05) is 54.6 Å². The van der Waals surface area contributed by atoms with E-state index >= 15 is 4.39 Å². The highest BCUT2D eigenvalue weighted by Gasteiger charge is 2.30. The summed E-state index contributed by atoms with van der Waals surface area (Å²) in [6, 6.07) is 24.2. The van der Waals surface area contributed by atoms with Gasteiger partial charge < -0.3 is 18.9 Å². The number of aryl methyl sites for hydroxylation is 1. The molecule has 0 amide bonds. The number of carbonyl (C=O) groups excluding carboxylic acids is 1. The van der Waals surface area contributed by atoms with Gasteiger partial charge in [0.15, 0.2) is 17.6 Å². The van der Waals surface area contributed by atoms with Crippen LogP contribution in [0.1, 0.15) is 30.0 Å². The fourth-order valence-electron chi connectivity index (χ4n) is 3.81. The van der Waals surface area contributed by atoms with Gasteiger partial charge in [0, 0.05) is 6.07 Å². The minimum atomic E-state index is -1.74. The fourth-order valence-corrected chi connectivity index (χ4v) is 3.81. The number of hydrogen-bond acceptors (Lipinski definition) is 7. The Morgan fingerprint density at radius 2 is 1.61 bits per heavy atom. The third-order valence-electron chi connectivity index (χ3n) is 5.83. The Morgan fingerprint density at radius 1 is 0.927 bits per heavy atom. The second-order valence-corrected chi connectivity index (χ2v) is 8.70. The molecule has 10 heteroatoms. The van der Waals surface area contributed by atoms with Gasteiger partial charge >= 0.3 is 5.97 Å². The number of aromatic nitrogens is 1. The number of benzene rings is 3. The first-order valence-corrected chi connectivity index (χ1v) is 12.7. The molecule has 0 saturated carbocycles. The number of ether oxygens (including phenoxy) is 4. The molecule has 0 saturated heterocycles. The van der Waals surface area contributed by atoms with E-state index in [2.05, 4.69) is 4.98 Å². The molecule has 3 aromatic carbocycles. The maximum atomic E-state index is 15.6. The minimum absolute atomic E-state index is 0.00491. The minimum Gasteiger partial charge on any atom is -0.485 e. The summed E-state index contributed by atoms with van der Waals surface area (Å²) in [6.07, 6.45) is -1.16. The van der Waals surface area contributed by atoms with Crippen LogP contribution in [-0.4, -0.2) is 23.7 Å². The van der Waals surface area contributed by atoms with Crippen LogP contribution in [0.25, 0.3) is 0 Å². The predicted octanol–water partition coefficient (Wildman–Crippen LogP) is 6.69. The van der Waals surface area contributed by atoms with Crippen molar-refractivity contribution >= 4 is 5.97 Å². The first-order chi connectivity index (χ1) is 19.9. The lowest BCUT2D eigenvalue weighted by Gasteiger charge is -2.19. The Balaban J connectivity index is 1.63. The summed E-state index contributed by atoms with van der Waals surface area (Å²) < 4.78 is 66.6. The number of nitriles is 1. The molecule has 1 unspecified atom stereocenters. The average Bonchev–Trinajstić information content (AvgIpc) is 3.00. The van der Waals surface area contributed by atoms with E-state index in [1.165, 1.54) is 18.2 Å². The molecule has 1 atom stereocenters. The second kappa shape index (κ2) is 13.8. The highest BCUT2D eigenvalue weighted by Crippen LogP contribution is 2.37. The molecule has 0 bridgehead atoms. The summed E-state index contributed by atoms with van der Waals surface area (Å²) in [5.74, 6) is -8.08. The molecule has 0 aliphatic heterocycles. The monoisotopic (exact) mass is 562 g/mol. The van der Waals surface area contributed by atoms with E-state index in [0.717, 1.165) is 11.1 Å². The zero-order valence-corrected chi connectivity index (χ0v) is 22.0. The Morgan fingerprint density at radius 3 is 2.27 bits per heavy atom. The number of esters is 1. The molecule has 0 N–H and O–H groups in total. The Bertz CT molecular complexity index is 1530. The third kappa shape index (κ3) is 7.54. The summed E-state index contributed by atoms with van der Waals surface area (Å²) in [6.45, 7) is 1.67. The van der Waals surface area contributed by atoms with Crippen LogP contribution in [0.3, 0.4) is 0 Å². The highest BCUT2D eigenvalue weighted by atomic mass is 19.2. The van der Waals surface area contributed by atoms with Crippen LogP contribution in [0.2, 0.25) is 0 Å². The molecule has 4 aromatic rings. The van der Waals surface area contributed by atoms with E-state index in [0.29, 0.717) is 6.42 Å². The highest BCUT2D eigenvalue weighted by molar-refractivity contribution is 5.75. The van der Waals surface area contributed by atoms with Gasteiger partial charge in [-0.1, -0.05) is 60.7 Å². The predicted molar refractivity (Wildman–Crippen MR) is 142 cm³/mol. The topological polar surface area (TPSA) is 90.7 Å². The van der Waals surface area contributed by atoms with Gasteiger partial charge in [0.05, 0.1) is 18.2 Å². The summed E-state index contributed by atoms with van der Waals surface area (Å²) in [4.78, 5) is 15.8. The molecule has 1 aromatic heterocycles. The first kappa shape index (κ1) is 29.0. The Kier molecular flexibility index (Phi) is 9.78. The molecule has 0 aliphatic rings. The van der Waals surface area contributed by atoms with Crippen LogP contribution < -0.4 is 14.2 Å². The smallest absolute Gasteiger partial charge is 0.347 e. The third-order valence-corrected chi connectivity index (χ3v) is 5.83. The standard InChI is InChI=1S/C31H25F3N2O5/c1-2-38-31(37)24(16-13-20-9-5-3-6-10-20)40-28-26(32)29(34)36-30(27(28)33)41-25-17-22(18-35)14-15-23(25)39-19-21-11-7-4-8-12-21/h3-12,14-15,17,24H,2,13,16,19H2,1H3. The molecule has 1 heterocycles. The Labute approximate surface area is 234 Å². The van der Waals surface area contributed by atoms with Crippen LogP contribution in [-0.2, 0) is 22.6 Å². The summed E-state index contributed by atoms with van der Waals surface area (Å²) >= 11 is 0. The molecule has 210 valence electrons. The Hall–Kier alpha value is -5.04. The number of halogens is 3. The molecule has 41 heavy (non-hydrogen) atoms. The molecule has 0 fully saturated rings. The normalized spacial score (nSPS) is 11.3. The van der Waals surface area contributed by atoms with E-state index in [1.54, 1.807) is 19.1 Å². The fraction of sp³-hybridized carbons (Fsp3) is 0.194. The van der Waals surface area contributed by atoms with Crippen molar-refractivity contribution in [3.8, 4) is 29.2 Å². The maximum Gasteiger partial charge on any atom is 0.347 e. The van der Waals surface area contributed by atoms with Gasteiger partial charge in [0.25, 0.3) is 11.8 Å². The molecule has 4 rings (SSSR count). The number of carbonyl (C=O) groups is 1. The zero-order valence-electron chi connectivity index (χ0n) is 22.0. The lowest BCUT2D eigenvalue weighted by Crippen LogP contribution is -2.31. The molecule has 0 aliphatic carbocycles. The van der Waals surface area contributed by atoms with Gasteiger partial charge in [-0.05, 0) is 43.0 Å². The van der Waals surface area contributed by atoms with Crippen LogP contribution in [0, 0.1) is 28.9 Å². The van der Waals surface area contributed by atoms with Crippen LogP contribution in [0.5, 0.6) is 23.1 Å². The largest absolute Gasteiger partial charge is 0.485 e. The quantitative estimate of drug-likeness (QED) is 0.140. The summed E-state index contributed by atoms with van der Waals surface area (Å²) in [5, 5.41) is 9.32. The van der Waals surface area contributed by atoms with E-state index in [4.69, 9.17) is 18.9 Å². The van der Waals surface area contributed by atoms with Crippen LogP contribution >= 0.6 is 0 Å². The average molecular weight is 563 g/mol.